The number of hydrogen-bond acceptors (Lipinski definition) is 0. The molecule has 1 heteroatoms. The molecule has 204 valence electrons. The molecule has 2 aliphatic carbocycles. The number of unbranched alkanes of at least 4 members (excludes halogenated alkanes) is 4. The Morgan fingerprint density at radius 1 is 0.568 bits per heavy atom. The molecular weight excluding hydrogens is 451 g/mol. The van der Waals surface area contributed by atoms with Crippen LogP contribution >= 0.6 is 0 Å². The van der Waals surface area contributed by atoms with Crippen LogP contribution in [-0.4, -0.2) is 6.67 Å². The van der Waals surface area contributed by atoms with Crippen molar-refractivity contribution in [3.8, 4) is 11.1 Å². The standard InChI is InChI=1S/C36H53F/c1-2-3-5-8-30-16-20-33(21-17-30)35-24-26-36(27-25-35)34-22-18-32(19-23-34)15-14-31-12-10-29(11-13-31)9-6-4-7-28-37/h16-17,20-21,24-27,29,31-32,34H,2-15,18-19,22-23,28H2,1H3/t29-,31-,32-,34-. The van der Waals surface area contributed by atoms with E-state index in [0.717, 1.165) is 36.5 Å². The molecule has 4 rings (SSSR count). The lowest BCUT2D eigenvalue weighted by Gasteiger charge is -2.32. The van der Waals surface area contributed by atoms with Crippen molar-refractivity contribution >= 4 is 0 Å². The Labute approximate surface area is 227 Å². The minimum absolute atomic E-state index is 0.130. The molecular formula is C36H53F. The monoisotopic (exact) mass is 504 g/mol. The van der Waals surface area contributed by atoms with Gasteiger partial charge in [-0.2, -0.15) is 0 Å². The lowest BCUT2D eigenvalue weighted by Crippen LogP contribution is -2.17. The van der Waals surface area contributed by atoms with Crippen molar-refractivity contribution in [2.75, 3.05) is 6.67 Å². The molecule has 0 amide bonds. The fourth-order valence-corrected chi connectivity index (χ4v) is 7.16. The van der Waals surface area contributed by atoms with Gasteiger partial charge in [0.25, 0.3) is 0 Å². The molecule has 0 spiro atoms. The maximum atomic E-state index is 12.3. The zero-order valence-corrected chi connectivity index (χ0v) is 23.7. The fourth-order valence-electron chi connectivity index (χ4n) is 7.16. The molecule has 0 N–H and O–H groups in total. The predicted octanol–water partition coefficient (Wildman–Crippen LogP) is 11.5. The molecule has 2 aliphatic rings. The molecule has 0 radical (unpaired) electrons. The third kappa shape index (κ3) is 9.26. The van der Waals surface area contributed by atoms with E-state index in [-0.39, 0.29) is 6.67 Å². The van der Waals surface area contributed by atoms with Crippen LogP contribution in [0.1, 0.15) is 133 Å². The highest BCUT2D eigenvalue weighted by Gasteiger charge is 2.25. The van der Waals surface area contributed by atoms with Gasteiger partial charge in [0.15, 0.2) is 0 Å². The van der Waals surface area contributed by atoms with E-state index in [1.165, 1.54) is 119 Å². The van der Waals surface area contributed by atoms with Gasteiger partial charge in [-0.05, 0) is 90.9 Å². The molecule has 0 aromatic heterocycles. The fraction of sp³-hybridized carbons (Fsp3) is 0.667. The van der Waals surface area contributed by atoms with E-state index in [0.29, 0.717) is 0 Å². The zero-order chi connectivity index (χ0) is 25.7. The lowest BCUT2D eigenvalue weighted by molar-refractivity contribution is 0.222. The molecule has 0 aliphatic heterocycles. The van der Waals surface area contributed by atoms with Crippen molar-refractivity contribution in [3.63, 3.8) is 0 Å². The van der Waals surface area contributed by atoms with Crippen molar-refractivity contribution < 1.29 is 4.39 Å². The van der Waals surface area contributed by atoms with Gasteiger partial charge in [0, 0.05) is 0 Å². The molecule has 2 aromatic rings. The Morgan fingerprint density at radius 3 is 1.68 bits per heavy atom. The van der Waals surface area contributed by atoms with Crippen molar-refractivity contribution in [2.45, 2.75) is 128 Å². The predicted molar refractivity (Wildman–Crippen MR) is 159 cm³/mol. The number of benzene rings is 2. The van der Waals surface area contributed by atoms with Gasteiger partial charge in [-0.3, -0.25) is 4.39 Å². The molecule has 2 fully saturated rings. The van der Waals surface area contributed by atoms with Crippen LogP contribution in [0.2, 0.25) is 0 Å². The van der Waals surface area contributed by atoms with Crippen LogP contribution in [0.3, 0.4) is 0 Å². The van der Waals surface area contributed by atoms with Crippen molar-refractivity contribution in [1.82, 2.24) is 0 Å². The second-order valence-corrected chi connectivity index (χ2v) is 12.5. The summed E-state index contributed by atoms with van der Waals surface area (Å²) in [6, 6.07) is 18.8. The summed E-state index contributed by atoms with van der Waals surface area (Å²) in [6.07, 6.45) is 23.9. The summed E-state index contributed by atoms with van der Waals surface area (Å²) < 4.78 is 12.3. The first-order valence-corrected chi connectivity index (χ1v) is 16.0. The summed E-state index contributed by atoms with van der Waals surface area (Å²) in [4.78, 5) is 0. The van der Waals surface area contributed by atoms with Gasteiger partial charge >= 0.3 is 0 Å². The first kappa shape index (κ1) is 28.4. The number of rotatable bonds is 14. The highest BCUT2D eigenvalue weighted by molar-refractivity contribution is 5.64. The van der Waals surface area contributed by atoms with Gasteiger partial charge in [0.2, 0.25) is 0 Å². The smallest absolute Gasteiger partial charge is 0.0894 e. The first-order chi connectivity index (χ1) is 18.2. The minimum atomic E-state index is -0.130. The third-order valence-electron chi connectivity index (χ3n) is 9.78. The Balaban J connectivity index is 1.14. The van der Waals surface area contributed by atoms with E-state index >= 15 is 0 Å². The third-order valence-corrected chi connectivity index (χ3v) is 9.78. The molecule has 0 saturated heterocycles. The highest BCUT2D eigenvalue weighted by atomic mass is 19.1. The molecule has 2 aromatic carbocycles. The summed E-state index contributed by atoms with van der Waals surface area (Å²) in [7, 11) is 0. The average molecular weight is 505 g/mol. The maximum Gasteiger partial charge on any atom is 0.0894 e. The van der Waals surface area contributed by atoms with Crippen molar-refractivity contribution in [2.24, 2.45) is 17.8 Å². The molecule has 37 heavy (non-hydrogen) atoms. The SMILES string of the molecule is CCCCCc1ccc(-c2ccc([C@H]3CC[C@H](CC[C@H]4CC[C@H](CCCCCF)CC4)CC3)cc2)cc1. The van der Waals surface area contributed by atoms with E-state index in [1.807, 2.05) is 0 Å². The Bertz CT molecular complexity index is 851. The normalized spacial score (nSPS) is 24.3. The van der Waals surface area contributed by atoms with E-state index in [2.05, 4.69) is 55.5 Å². The zero-order valence-electron chi connectivity index (χ0n) is 23.7. The highest BCUT2D eigenvalue weighted by Crippen LogP contribution is 2.40. The lowest BCUT2D eigenvalue weighted by atomic mass is 9.74. The topological polar surface area (TPSA) is 0 Å². The van der Waals surface area contributed by atoms with Crippen molar-refractivity contribution in [1.29, 1.82) is 0 Å². The van der Waals surface area contributed by atoms with Crippen LogP contribution in [0.15, 0.2) is 48.5 Å². The van der Waals surface area contributed by atoms with Crippen molar-refractivity contribution in [3.05, 3.63) is 59.7 Å². The van der Waals surface area contributed by atoms with Crippen LogP contribution in [-0.2, 0) is 6.42 Å². The second-order valence-electron chi connectivity index (χ2n) is 12.5. The second kappa shape index (κ2) is 15.7. The van der Waals surface area contributed by atoms with E-state index in [9.17, 15) is 4.39 Å². The number of halogens is 1. The number of aryl methyl sites for hydroxylation is 1. The minimum Gasteiger partial charge on any atom is -0.251 e. The van der Waals surface area contributed by atoms with Crippen LogP contribution in [0.4, 0.5) is 4.39 Å². The van der Waals surface area contributed by atoms with Crippen LogP contribution < -0.4 is 0 Å². The quantitative estimate of drug-likeness (QED) is 0.224. The summed E-state index contributed by atoms with van der Waals surface area (Å²) in [5.74, 6) is 3.65. The van der Waals surface area contributed by atoms with Gasteiger partial charge in [-0.15, -0.1) is 0 Å². The Hall–Kier alpha value is -1.63. The first-order valence-electron chi connectivity index (χ1n) is 16.0. The van der Waals surface area contributed by atoms with Crippen LogP contribution in [0, 0.1) is 17.8 Å². The molecule has 2 saturated carbocycles. The van der Waals surface area contributed by atoms with Gasteiger partial charge in [0.1, 0.15) is 0 Å². The summed E-state index contributed by atoms with van der Waals surface area (Å²) >= 11 is 0. The largest absolute Gasteiger partial charge is 0.251 e. The summed E-state index contributed by atoms with van der Waals surface area (Å²) in [6.45, 7) is 2.14. The number of alkyl halides is 1. The molecule has 0 atom stereocenters. The van der Waals surface area contributed by atoms with Gasteiger partial charge < -0.3 is 0 Å². The van der Waals surface area contributed by atoms with E-state index < -0.39 is 0 Å². The molecule has 0 bridgehead atoms. The van der Waals surface area contributed by atoms with Crippen LogP contribution in [0.25, 0.3) is 11.1 Å². The van der Waals surface area contributed by atoms with Gasteiger partial charge in [-0.1, -0.05) is 126 Å². The van der Waals surface area contributed by atoms with Crippen LogP contribution in [0.5, 0.6) is 0 Å². The molecule has 0 nitrogen and oxygen atoms in total. The van der Waals surface area contributed by atoms with Gasteiger partial charge in [-0.25, -0.2) is 0 Å². The van der Waals surface area contributed by atoms with E-state index in [1.54, 1.807) is 5.56 Å². The summed E-state index contributed by atoms with van der Waals surface area (Å²) in [5, 5.41) is 0. The maximum absolute atomic E-state index is 12.3. The number of hydrogen-bond donors (Lipinski definition) is 0. The van der Waals surface area contributed by atoms with E-state index in [4.69, 9.17) is 0 Å². The molecule has 0 heterocycles. The average Bonchev–Trinajstić information content (AvgIpc) is 2.96. The van der Waals surface area contributed by atoms with Gasteiger partial charge in [0.05, 0.1) is 6.67 Å². The Kier molecular flexibility index (Phi) is 12.0. The summed E-state index contributed by atoms with van der Waals surface area (Å²) in [5.41, 5.74) is 5.73. The molecule has 0 unspecified atom stereocenters. The Morgan fingerprint density at radius 2 is 1.11 bits per heavy atom.